The maximum Gasteiger partial charge on any atom is 0.137 e. The lowest BCUT2D eigenvalue weighted by molar-refractivity contribution is 0.668. The molecule has 0 bridgehead atoms. The molecule has 7 rings (SSSR count). The minimum Gasteiger partial charge on any atom is -0.456 e. The van der Waals surface area contributed by atoms with Gasteiger partial charge in [-0.25, -0.2) is 0 Å². The first-order valence-corrected chi connectivity index (χ1v) is 11.0. The van der Waals surface area contributed by atoms with Crippen molar-refractivity contribution in [3.8, 4) is 0 Å². The minimum atomic E-state index is 0.879. The summed E-state index contributed by atoms with van der Waals surface area (Å²) in [5, 5.41) is 4.49. The van der Waals surface area contributed by atoms with Crippen molar-refractivity contribution in [2.24, 2.45) is 0 Å². The van der Waals surface area contributed by atoms with Gasteiger partial charge in [0, 0.05) is 44.7 Å². The largest absolute Gasteiger partial charge is 0.456 e. The van der Waals surface area contributed by atoms with Gasteiger partial charge in [0.25, 0.3) is 0 Å². The maximum absolute atomic E-state index is 6.19. The van der Waals surface area contributed by atoms with Gasteiger partial charge in [-0.05, 0) is 54.6 Å². The molecule has 0 saturated carbocycles. The van der Waals surface area contributed by atoms with E-state index in [2.05, 4.69) is 83.8 Å². The number of hydrogen-bond donors (Lipinski definition) is 0. The molecule has 5 aromatic carbocycles. The Hall–Kier alpha value is -4.50. The summed E-state index contributed by atoms with van der Waals surface area (Å²) in [6.45, 7) is 0. The quantitative estimate of drug-likeness (QED) is 0.283. The Kier molecular flexibility index (Phi) is 3.84. The van der Waals surface area contributed by atoms with Gasteiger partial charge in [0.1, 0.15) is 22.3 Å². The number of hydrogen-bond acceptors (Lipinski definition) is 3. The second kappa shape index (κ2) is 7.01. The van der Waals surface area contributed by atoms with Gasteiger partial charge in [0.15, 0.2) is 0 Å². The summed E-state index contributed by atoms with van der Waals surface area (Å²) >= 11 is 0. The monoisotopic (exact) mass is 425 g/mol. The highest BCUT2D eigenvalue weighted by molar-refractivity contribution is 6.08. The van der Waals surface area contributed by atoms with Crippen LogP contribution in [-0.2, 0) is 0 Å². The summed E-state index contributed by atoms with van der Waals surface area (Å²) in [5.41, 5.74) is 6.77. The number of nitrogens with zero attached hydrogens (tertiary/aromatic N) is 1. The summed E-state index contributed by atoms with van der Waals surface area (Å²) < 4.78 is 12.2. The van der Waals surface area contributed by atoms with E-state index in [1.807, 2.05) is 36.4 Å². The van der Waals surface area contributed by atoms with Crippen molar-refractivity contribution in [2.75, 3.05) is 4.90 Å². The number of rotatable bonds is 3. The first-order valence-electron chi connectivity index (χ1n) is 11.0. The predicted octanol–water partition coefficient (Wildman–Crippen LogP) is 8.96. The van der Waals surface area contributed by atoms with Crippen LogP contribution in [0.5, 0.6) is 0 Å². The molecule has 0 aliphatic heterocycles. The highest BCUT2D eigenvalue weighted by atomic mass is 16.3. The third-order valence-electron chi connectivity index (χ3n) is 6.25. The number of para-hydroxylation sites is 3. The van der Waals surface area contributed by atoms with E-state index in [4.69, 9.17) is 8.83 Å². The molecule has 33 heavy (non-hydrogen) atoms. The van der Waals surface area contributed by atoms with Crippen LogP contribution in [0.3, 0.4) is 0 Å². The van der Waals surface area contributed by atoms with E-state index >= 15 is 0 Å². The zero-order chi connectivity index (χ0) is 21.8. The zero-order valence-corrected chi connectivity index (χ0v) is 17.7. The third kappa shape index (κ3) is 2.83. The lowest BCUT2D eigenvalue weighted by Crippen LogP contribution is -2.09. The van der Waals surface area contributed by atoms with Gasteiger partial charge in [0.2, 0.25) is 0 Å². The molecule has 0 amide bonds. The van der Waals surface area contributed by atoms with Gasteiger partial charge in [0.05, 0.1) is 0 Å². The highest BCUT2D eigenvalue weighted by Gasteiger charge is 2.17. The maximum atomic E-state index is 6.19. The first-order chi connectivity index (χ1) is 16.3. The Morgan fingerprint density at radius 3 is 1.70 bits per heavy atom. The van der Waals surface area contributed by atoms with E-state index in [1.165, 1.54) is 0 Å². The topological polar surface area (TPSA) is 29.5 Å². The Morgan fingerprint density at radius 1 is 0.364 bits per heavy atom. The van der Waals surface area contributed by atoms with Crippen molar-refractivity contribution >= 4 is 60.9 Å². The predicted molar refractivity (Wildman–Crippen MR) is 136 cm³/mol. The van der Waals surface area contributed by atoms with Gasteiger partial charge in [-0.15, -0.1) is 0 Å². The fourth-order valence-corrected chi connectivity index (χ4v) is 4.73. The van der Waals surface area contributed by atoms with Gasteiger partial charge in [-0.3, -0.25) is 0 Å². The van der Waals surface area contributed by atoms with Gasteiger partial charge >= 0.3 is 0 Å². The van der Waals surface area contributed by atoms with Crippen molar-refractivity contribution in [2.45, 2.75) is 0 Å². The van der Waals surface area contributed by atoms with Crippen LogP contribution in [0.15, 0.2) is 124 Å². The van der Waals surface area contributed by atoms with Crippen LogP contribution in [0.25, 0.3) is 43.9 Å². The number of anilines is 3. The molecule has 0 aliphatic rings. The lowest BCUT2D eigenvalue weighted by atomic mass is 10.1. The molecule has 0 N–H and O–H groups in total. The van der Waals surface area contributed by atoms with E-state index in [0.717, 1.165) is 60.9 Å². The van der Waals surface area contributed by atoms with Gasteiger partial charge < -0.3 is 13.7 Å². The third-order valence-corrected chi connectivity index (χ3v) is 6.25. The smallest absolute Gasteiger partial charge is 0.137 e. The second-order valence-corrected chi connectivity index (χ2v) is 8.23. The van der Waals surface area contributed by atoms with E-state index in [1.54, 1.807) is 0 Å². The molecule has 0 aliphatic carbocycles. The summed E-state index contributed by atoms with van der Waals surface area (Å²) in [6.07, 6.45) is 0. The van der Waals surface area contributed by atoms with Crippen LogP contribution in [0.4, 0.5) is 17.1 Å². The Labute approximate surface area is 190 Å². The van der Waals surface area contributed by atoms with Crippen molar-refractivity contribution in [1.82, 2.24) is 0 Å². The fourth-order valence-electron chi connectivity index (χ4n) is 4.73. The van der Waals surface area contributed by atoms with Crippen LogP contribution in [-0.4, -0.2) is 0 Å². The molecule has 0 fully saturated rings. The van der Waals surface area contributed by atoms with E-state index in [-0.39, 0.29) is 0 Å². The standard InChI is InChI=1S/C30H19NO2/c1-2-8-20(9-3-1)31(21-15-17-29-26(18-21)24-11-5-7-13-28(24)32-29)22-14-16-25-23-10-4-6-12-27(23)33-30(25)19-22/h1-19H. The normalized spacial score (nSPS) is 11.6. The Balaban J connectivity index is 1.46. The Bertz CT molecular complexity index is 1780. The van der Waals surface area contributed by atoms with Gasteiger partial charge in [-0.2, -0.15) is 0 Å². The van der Waals surface area contributed by atoms with Crippen LogP contribution in [0, 0.1) is 0 Å². The number of benzene rings is 5. The fraction of sp³-hybridized carbons (Fsp3) is 0. The van der Waals surface area contributed by atoms with Gasteiger partial charge in [-0.1, -0.05) is 54.6 Å². The van der Waals surface area contributed by atoms with Crippen molar-refractivity contribution in [3.05, 3.63) is 115 Å². The van der Waals surface area contributed by atoms with E-state index in [0.29, 0.717) is 0 Å². The molecule has 3 nitrogen and oxygen atoms in total. The van der Waals surface area contributed by atoms with Crippen molar-refractivity contribution in [3.63, 3.8) is 0 Å². The molecule has 7 aromatic rings. The average molecular weight is 425 g/mol. The minimum absolute atomic E-state index is 0.879. The molecule has 0 radical (unpaired) electrons. The molecular weight excluding hydrogens is 406 g/mol. The molecule has 0 saturated heterocycles. The molecule has 3 heteroatoms. The van der Waals surface area contributed by atoms with Crippen molar-refractivity contribution < 1.29 is 8.83 Å². The molecule has 2 aromatic heterocycles. The molecule has 0 spiro atoms. The average Bonchev–Trinajstić information content (AvgIpc) is 3.42. The number of fused-ring (bicyclic) bond motifs is 6. The Morgan fingerprint density at radius 2 is 0.909 bits per heavy atom. The lowest BCUT2D eigenvalue weighted by Gasteiger charge is -2.25. The zero-order valence-electron chi connectivity index (χ0n) is 17.7. The summed E-state index contributed by atoms with van der Waals surface area (Å²) in [5.74, 6) is 0. The van der Waals surface area contributed by atoms with E-state index < -0.39 is 0 Å². The molecule has 0 atom stereocenters. The molecular formula is C30H19NO2. The van der Waals surface area contributed by atoms with Crippen LogP contribution in [0.2, 0.25) is 0 Å². The molecule has 2 heterocycles. The molecule has 156 valence electrons. The number of furan rings is 2. The summed E-state index contributed by atoms with van der Waals surface area (Å²) in [7, 11) is 0. The van der Waals surface area contributed by atoms with Crippen LogP contribution in [0.1, 0.15) is 0 Å². The molecule has 0 unspecified atom stereocenters. The van der Waals surface area contributed by atoms with Crippen molar-refractivity contribution in [1.29, 1.82) is 0 Å². The highest BCUT2D eigenvalue weighted by Crippen LogP contribution is 2.40. The van der Waals surface area contributed by atoms with Crippen LogP contribution >= 0.6 is 0 Å². The SMILES string of the molecule is c1ccc(N(c2ccc3c(c2)oc2ccccc23)c2ccc3oc4ccccc4c3c2)cc1. The van der Waals surface area contributed by atoms with E-state index in [9.17, 15) is 0 Å². The first kappa shape index (κ1) is 18.1. The summed E-state index contributed by atoms with van der Waals surface area (Å²) in [4.78, 5) is 2.26. The summed E-state index contributed by atoms with van der Waals surface area (Å²) in [6, 6.07) is 39.6. The van der Waals surface area contributed by atoms with Crippen LogP contribution < -0.4 is 4.90 Å². The second-order valence-electron chi connectivity index (χ2n) is 8.23.